The predicted octanol–water partition coefficient (Wildman–Crippen LogP) is 1.58. The molecule has 24 heavy (non-hydrogen) atoms. The molecule has 0 spiro atoms. The van der Waals surface area contributed by atoms with Crippen molar-refractivity contribution < 1.29 is 9.53 Å². The van der Waals surface area contributed by atoms with Gasteiger partial charge in [0.05, 0.1) is 24.8 Å². The highest BCUT2D eigenvalue weighted by molar-refractivity contribution is 5.78. The van der Waals surface area contributed by atoms with Crippen molar-refractivity contribution in [3.63, 3.8) is 0 Å². The Kier molecular flexibility index (Phi) is 6.43. The Morgan fingerprint density at radius 3 is 2.67 bits per heavy atom. The van der Waals surface area contributed by atoms with Crippen molar-refractivity contribution in [3.8, 4) is 6.07 Å². The van der Waals surface area contributed by atoms with Gasteiger partial charge in [0, 0.05) is 19.1 Å². The Bertz CT molecular complexity index is 613. The molecule has 0 atom stereocenters. The molecule has 0 radical (unpaired) electrons. The van der Waals surface area contributed by atoms with E-state index in [0.717, 1.165) is 18.4 Å². The predicted molar refractivity (Wildman–Crippen MR) is 91.2 cm³/mol. The molecule has 1 saturated heterocycles. The summed E-state index contributed by atoms with van der Waals surface area (Å²) in [6, 6.07) is 9.55. The first-order valence-corrected chi connectivity index (χ1v) is 8.09. The lowest BCUT2D eigenvalue weighted by Crippen LogP contribution is -2.48. The van der Waals surface area contributed by atoms with Crippen LogP contribution in [-0.4, -0.2) is 42.7 Å². The third kappa shape index (κ3) is 5.16. The average Bonchev–Trinajstić information content (AvgIpc) is 2.61. The molecular weight excluding hydrogens is 306 g/mol. The molecular formula is C17H23N5O2. The van der Waals surface area contributed by atoms with Crippen molar-refractivity contribution >= 4 is 12.1 Å². The second-order valence-corrected chi connectivity index (χ2v) is 5.61. The molecule has 1 aliphatic heterocycles. The van der Waals surface area contributed by atoms with Crippen LogP contribution in [0.15, 0.2) is 29.3 Å². The van der Waals surface area contributed by atoms with Crippen molar-refractivity contribution in [2.75, 3.05) is 19.7 Å². The maximum Gasteiger partial charge on any atom is 0.409 e. The molecule has 128 valence electrons. The number of piperidine rings is 1. The van der Waals surface area contributed by atoms with E-state index in [2.05, 4.69) is 16.4 Å². The summed E-state index contributed by atoms with van der Waals surface area (Å²) in [4.78, 5) is 17.7. The molecule has 1 heterocycles. The summed E-state index contributed by atoms with van der Waals surface area (Å²) < 4.78 is 5.00. The van der Waals surface area contributed by atoms with Gasteiger partial charge in [-0.2, -0.15) is 5.26 Å². The van der Waals surface area contributed by atoms with Gasteiger partial charge in [0.2, 0.25) is 0 Å². The highest BCUT2D eigenvalue weighted by Gasteiger charge is 2.23. The zero-order valence-electron chi connectivity index (χ0n) is 13.9. The number of benzene rings is 1. The molecule has 1 aromatic rings. The molecule has 7 heteroatoms. The van der Waals surface area contributed by atoms with Gasteiger partial charge in [-0.25, -0.2) is 9.79 Å². The van der Waals surface area contributed by atoms with Crippen LogP contribution in [0.2, 0.25) is 0 Å². The summed E-state index contributed by atoms with van der Waals surface area (Å²) in [5.74, 6) is 0.397. The van der Waals surface area contributed by atoms with E-state index in [1.807, 2.05) is 12.1 Å². The minimum absolute atomic E-state index is 0.209. The van der Waals surface area contributed by atoms with Crippen molar-refractivity contribution in [2.45, 2.75) is 32.4 Å². The Balaban J connectivity index is 1.77. The summed E-state index contributed by atoms with van der Waals surface area (Å²) in [5.41, 5.74) is 7.56. The van der Waals surface area contributed by atoms with Crippen molar-refractivity contribution in [1.82, 2.24) is 10.2 Å². The molecule has 0 aliphatic carbocycles. The standard InChI is InChI=1S/C17H23N5O2/c1-2-24-17(23)22-9-7-15(8-10-22)21-16(19)20-12-14-5-3-13(11-18)4-6-14/h3-6,15H,2,7-10,12H2,1H3,(H3,19,20,21). The molecule has 1 fully saturated rings. The quantitative estimate of drug-likeness (QED) is 0.645. The van der Waals surface area contributed by atoms with Crippen LogP contribution in [0.25, 0.3) is 0 Å². The molecule has 0 saturated carbocycles. The summed E-state index contributed by atoms with van der Waals surface area (Å²) in [6.07, 6.45) is 1.37. The van der Waals surface area contributed by atoms with Crippen LogP contribution in [0.5, 0.6) is 0 Å². The number of rotatable bonds is 4. The molecule has 7 nitrogen and oxygen atoms in total. The third-order valence-corrected chi connectivity index (χ3v) is 3.89. The van der Waals surface area contributed by atoms with Crippen molar-refractivity contribution in [1.29, 1.82) is 5.26 Å². The molecule has 0 unspecified atom stereocenters. The lowest BCUT2D eigenvalue weighted by molar-refractivity contribution is 0.0963. The molecule has 2 rings (SSSR count). The fraction of sp³-hybridized carbons (Fsp3) is 0.471. The van der Waals surface area contributed by atoms with Gasteiger partial charge in [0.25, 0.3) is 0 Å². The van der Waals surface area contributed by atoms with Crippen LogP contribution in [0.4, 0.5) is 4.79 Å². The molecule has 3 N–H and O–H groups in total. The Labute approximate surface area is 142 Å². The summed E-state index contributed by atoms with van der Waals surface area (Å²) >= 11 is 0. The van der Waals surface area contributed by atoms with E-state index < -0.39 is 0 Å². The number of aliphatic imine (C=N–C) groups is 1. The Morgan fingerprint density at radius 2 is 2.08 bits per heavy atom. The molecule has 1 amide bonds. The van der Waals surface area contributed by atoms with Gasteiger partial charge in [-0.15, -0.1) is 0 Å². The fourth-order valence-corrected chi connectivity index (χ4v) is 2.54. The number of guanidine groups is 1. The number of hydrogen-bond donors (Lipinski definition) is 2. The summed E-state index contributed by atoms with van der Waals surface area (Å²) in [7, 11) is 0. The number of carbonyl (C=O) groups is 1. The number of nitriles is 1. The van der Waals surface area contributed by atoms with E-state index >= 15 is 0 Å². The topological polar surface area (TPSA) is 104 Å². The van der Waals surface area contributed by atoms with Gasteiger partial charge in [-0.05, 0) is 37.5 Å². The first-order chi connectivity index (χ1) is 11.6. The van der Waals surface area contributed by atoms with Crippen LogP contribution >= 0.6 is 0 Å². The van der Waals surface area contributed by atoms with Gasteiger partial charge in [-0.1, -0.05) is 12.1 Å². The van der Waals surface area contributed by atoms with Crippen molar-refractivity contribution in [2.24, 2.45) is 10.7 Å². The number of hydrogen-bond acceptors (Lipinski definition) is 4. The van der Waals surface area contributed by atoms with E-state index in [9.17, 15) is 4.79 Å². The second kappa shape index (κ2) is 8.77. The second-order valence-electron chi connectivity index (χ2n) is 5.61. The van der Waals surface area contributed by atoms with Crippen LogP contribution in [-0.2, 0) is 11.3 Å². The minimum Gasteiger partial charge on any atom is -0.450 e. The number of amides is 1. The fourth-order valence-electron chi connectivity index (χ4n) is 2.54. The molecule has 0 aromatic heterocycles. The molecule has 1 aliphatic rings. The number of ether oxygens (including phenoxy) is 1. The van der Waals surface area contributed by atoms with Gasteiger partial charge in [0.15, 0.2) is 5.96 Å². The highest BCUT2D eigenvalue weighted by Crippen LogP contribution is 2.11. The first kappa shape index (κ1) is 17.6. The zero-order chi connectivity index (χ0) is 17.4. The molecule has 0 bridgehead atoms. The van der Waals surface area contributed by atoms with Crippen molar-refractivity contribution in [3.05, 3.63) is 35.4 Å². The van der Waals surface area contributed by atoms with Gasteiger partial charge < -0.3 is 20.7 Å². The van der Waals surface area contributed by atoms with Crippen LogP contribution in [0.3, 0.4) is 0 Å². The number of nitrogens with one attached hydrogen (secondary N) is 1. The average molecular weight is 329 g/mol. The van der Waals surface area contributed by atoms with Crippen LogP contribution < -0.4 is 11.1 Å². The van der Waals surface area contributed by atoms with E-state index in [-0.39, 0.29) is 12.1 Å². The lowest BCUT2D eigenvalue weighted by atomic mass is 10.1. The third-order valence-electron chi connectivity index (χ3n) is 3.89. The van der Waals surface area contributed by atoms with E-state index in [1.165, 1.54) is 0 Å². The SMILES string of the molecule is CCOC(=O)N1CCC(NC(N)=NCc2ccc(C#N)cc2)CC1. The Morgan fingerprint density at radius 1 is 1.42 bits per heavy atom. The smallest absolute Gasteiger partial charge is 0.409 e. The summed E-state index contributed by atoms with van der Waals surface area (Å²) in [6.45, 7) is 3.97. The first-order valence-electron chi connectivity index (χ1n) is 8.09. The number of nitrogens with zero attached hydrogens (tertiary/aromatic N) is 3. The van der Waals surface area contributed by atoms with Gasteiger partial charge in [0.1, 0.15) is 0 Å². The number of likely N-dealkylation sites (tertiary alicyclic amines) is 1. The van der Waals surface area contributed by atoms with Crippen LogP contribution in [0, 0.1) is 11.3 Å². The normalized spacial score (nSPS) is 15.7. The lowest BCUT2D eigenvalue weighted by Gasteiger charge is -2.31. The van der Waals surface area contributed by atoms with Gasteiger partial charge >= 0.3 is 6.09 Å². The van der Waals surface area contributed by atoms with Gasteiger partial charge in [-0.3, -0.25) is 0 Å². The maximum absolute atomic E-state index is 11.6. The van der Waals surface area contributed by atoms with E-state index in [1.54, 1.807) is 24.0 Å². The number of nitrogens with two attached hydrogens (primary N) is 1. The summed E-state index contributed by atoms with van der Waals surface area (Å²) in [5, 5.41) is 12.0. The molecule has 1 aromatic carbocycles. The Hall–Kier alpha value is -2.75. The van der Waals surface area contributed by atoms with E-state index in [4.69, 9.17) is 15.7 Å². The number of carbonyl (C=O) groups excluding carboxylic acids is 1. The minimum atomic E-state index is -0.251. The zero-order valence-corrected chi connectivity index (χ0v) is 13.9. The monoisotopic (exact) mass is 329 g/mol. The van der Waals surface area contributed by atoms with E-state index in [0.29, 0.717) is 37.8 Å². The maximum atomic E-state index is 11.6. The highest BCUT2D eigenvalue weighted by atomic mass is 16.6. The van der Waals surface area contributed by atoms with Crippen LogP contribution in [0.1, 0.15) is 30.9 Å². The largest absolute Gasteiger partial charge is 0.450 e.